The van der Waals surface area contributed by atoms with Crippen LogP contribution in [-0.4, -0.2) is 35.4 Å². The molecule has 0 spiro atoms. The minimum absolute atomic E-state index is 0.129. The number of aliphatic hydroxyl groups excluding tert-OH is 1. The van der Waals surface area contributed by atoms with Crippen molar-refractivity contribution in [3.05, 3.63) is 52.8 Å². The quantitative estimate of drug-likeness (QED) is 0.745. The molecule has 0 aliphatic carbocycles. The number of nitrogens with zero attached hydrogens (tertiary/aromatic N) is 1. The molecule has 0 bridgehead atoms. The summed E-state index contributed by atoms with van der Waals surface area (Å²) in [6.07, 6.45) is 1.38. The number of carbonyl (C=O) groups is 1. The van der Waals surface area contributed by atoms with E-state index in [0.29, 0.717) is 12.2 Å². The van der Waals surface area contributed by atoms with Crippen LogP contribution < -0.4 is 4.74 Å². The first-order valence-corrected chi connectivity index (χ1v) is 7.20. The van der Waals surface area contributed by atoms with E-state index in [1.807, 2.05) is 24.3 Å². The van der Waals surface area contributed by atoms with E-state index in [2.05, 4.69) is 9.72 Å². The molecule has 0 aliphatic rings. The number of pyridine rings is 1. The van der Waals surface area contributed by atoms with E-state index in [0.717, 1.165) is 11.3 Å². The molecule has 1 aromatic carbocycles. The van der Waals surface area contributed by atoms with Gasteiger partial charge in [-0.05, 0) is 17.7 Å². The Bertz CT molecular complexity index is 699. The molecule has 7 heteroatoms. The zero-order chi connectivity index (χ0) is 17.5. The summed E-state index contributed by atoms with van der Waals surface area (Å²) in [5.41, 5.74) is 1.40. The Kier molecular flexibility index (Phi) is 6.11. The fourth-order valence-electron chi connectivity index (χ4n) is 2.12. The van der Waals surface area contributed by atoms with E-state index in [1.165, 1.54) is 13.3 Å². The summed E-state index contributed by atoms with van der Waals surface area (Å²) in [4.78, 5) is 15.4. The van der Waals surface area contributed by atoms with Crippen LogP contribution in [0.3, 0.4) is 0 Å². The summed E-state index contributed by atoms with van der Waals surface area (Å²) in [7, 11) is 2.79. The molecule has 0 saturated carbocycles. The van der Waals surface area contributed by atoms with Crippen LogP contribution in [0.1, 0.15) is 27.2 Å². The van der Waals surface area contributed by atoms with Gasteiger partial charge in [-0.15, -0.1) is 0 Å². The van der Waals surface area contributed by atoms with Crippen LogP contribution >= 0.6 is 0 Å². The van der Waals surface area contributed by atoms with Crippen molar-refractivity contribution in [3.8, 4) is 11.5 Å². The number of ether oxygens (including phenoxy) is 3. The van der Waals surface area contributed by atoms with Gasteiger partial charge in [0, 0.05) is 17.3 Å². The van der Waals surface area contributed by atoms with Crippen molar-refractivity contribution >= 4 is 5.97 Å². The monoisotopic (exact) mass is 333 g/mol. The van der Waals surface area contributed by atoms with E-state index >= 15 is 0 Å². The van der Waals surface area contributed by atoms with Crippen molar-refractivity contribution in [3.63, 3.8) is 0 Å². The highest BCUT2D eigenvalue weighted by Gasteiger charge is 2.19. The maximum absolute atomic E-state index is 11.5. The fourth-order valence-corrected chi connectivity index (χ4v) is 2.12. The van der Waals surface area contributed by atoms with Crippen LogP contribution in [-0.2, 0) is 29.3 Å². The van der Waals surface area contributed by atoms with Gasteiger partial charge >= 0.3 is 5.97 Å². The first-order chi connectivity index (χ1) is 11.6. The number of carbonyl (C=O) groups excluding carboxylic acids is 1. The van der Waals surface area contributed by atoms with Gasteiger partial charge in [-0.1, -0.05) is 12.1 Å². The van der Waals surface area contributed by atoms with Crippen molar-refractivity contribution in [2.75, 3.05) is 14.2 Å². The molecule has 0 amide bonds. The molecular weight excluding hydrogens is 314 g/mol. The van der Waals surface area contributed by atoms with Crippen LogP contribution in [0, 0.1) is 0 Å². The first-order valence-electron chi connectivity index (χ1n) is 7.20. The van der Waals surface area contributed by atoms with E-state index < -0.39 is 18.3 Å². The Labute approximate surface area is 139 Å². The molecule has 7 nitrogen and oxygen atoms in total. The Hall–Kier alpha value is -2.64. The predicted octanol–water partition coefficient (Wildman–Crippen LogP) is 1.79. The van der Waals surface area contributed by atoms with E-state index in [1.54, 1.807) is 7.11 Å². The third kappa shape index (κ3) is 4.01. The smallest absolute Gasteiger partial charge is 0.360 e. The zero-order valence-corrected chi connectivity index (χ0v) is 13.5. The van der Waals surface area contributed by atoms with Crippen LogP contribution in [0.15, 0.2) is 30.5 Å². The highest BCUT2D eigenvalue weighted by atomic mass is 16.5. The summed E-state index contributed by atoms with van der Waals surface area (Å²) >= 11 is 0. The number of aromatic hydroxyl groups is 1. The number of rotatable bonds is 7. The second kappa shape index (κ2) is 8.28. The molecular formula is C17H19NO6. The Morgan fingerprint density at radius 2 is 1.88 bits per heavy atom. The summed E-state index contributed by atoms with van der Waals surface area (Å²) in [5, 5.41) is 19.5. The average molecular weight is 333 g/mol. The highest BCUT2D eigenvalue weighted by Crippen LogP contribution is 2.25. The topological polar surface area (TPSA) is 98.1 Å². The molecule has 1 aromatic heterocycles. The molecule has 24 heavy (non-hydrogen) atoms. The van der Waals surface area contributed by atoms with Crippen LogP contribution in [0.4, 0.5) is 0 Å². The normalized spacial score (nSPS) is 10.5. The number of aliphatic hydroxyl groups is 1. The number of methoxy groups -OCH3 is 2. The van der Waals surface area contributed by atoms with E-state index in [-0.39, 0.29) is 17.9 Å². The lowest BCUT2D eigenvalue weighted by Crippen LogP contribution is -2.09. The van der Waals surface area contributed by atoms with Crippen LogP contribution in [0.2, 0.25) is 0 Å². The SMILES string of the molecule is COC(=O)c1ncc(COCc2ccc(OC)cc2)c(CO)c1O. The molecule has 0 radical (unpaired) electrons. The minimum atomic E-state index is -0.770. The van der Waals surface area contributed by atoms with Crippen molar-refractivity contribution < 1.29 is 29.2 Å². The third-order valence-corrected chi connectivity index (χ3v) is 3.47. The molecule has 2 rings (SSSR count). The number of hydrogen-bond acceptors (Lipinski definition) is 7. The molecule has 128 valence electrons. The van der Waals surface area contributed by atoms with Gasteiger partial charge in [0.1, 0.15) is 5.75 Å². The number of esters is 1. The standard InChI is InChI=1S/C17H19NO6/c1-22-13-5-3-11(4-6-13)9-24-10-12-7-18-15(17(21)23-2)16(20)14(12)8-19/h3-7,19-20H,8-10H2,1-2H3. The molecule has 2 aromatic rings. The van der Waals surface area contributed by atoms with Gasteiger partial charge in [0.2, 0.25) is 0 Å². The molecule has 0 fully saturated rings. The second-order valence-electron chi connectivity index (χ2n) is 4.95. The predicted molar refractivity (Wildman–Crippen MR) is 84.7 cm³/mol. The molecule has 0 aliphatic heterocycles. The fraction of sp³-hybridized carbons (Fsp3) is 0.294. The lowest BCUT2D eigenvalue weighted by Gasteiger charge is -2.12. The molecule has 0 unspecified atom stereocenters. The largest absolute Gasteiger partial charge is 0.505 e. The number of benzene rings is 1. The summed E-state index contributed by atoms with van der Waals surface area (Å²) in [6, 6.07) is 7.41. The maximum Gasteiger partial charge on any atom is 0.360 e. The van der Waals surface area contributed by atoms with E-state index in [9.17, 15) is 15.0 Å². The van der Waals surface area contributed by atoms with Gasteiger partial charge in [-0.2, -0.15) is 0 Å². The third-order valence-electron chi connectivity index (χ3n) is 3.47. The molecule has 1 heterocycles. The van der Waals surface area contributed by atoms with Crippen LogP contribution in [0.5, 0.6) is 11.5 Å². The summed E-state index contributed by atoms with van der Waals surface area (Å²) in [6.45, 7) is 0.0257. The van der Waals surface area contributed by atoms with E-state index in [4.69, 9.17) is 9.47 Å². The molecule has 0 saturated heterocycles. The number of hydrogen-bond donors (Lipinski definition) is 2. The Balaban J connectivity index is 2.06. The van der Waals surface area contributed by atoms with Gasteiger partial charge in [-0.3, -0.25) is 0 Å². The minimum Gasteiger partial charge on any atom is -0.505 e. The van der Waals surface area contributed by atoms with Gasteiger partial charge in [-0.25, -0.2) is 9.78 Å². The van der Waals surface area contributed by atoms with Crippen LogP contribution in [0.25, 0.3) is 0 Å². The van der Waals surface area contributed by atoms with Gasteiger partial charge in [0.05, 0.1) is 34.0 Å². The number of aromatic nitrogens is 1. The lowest BCUT2D eigenvalue weighted by molar-refractivity contribution is 0.0589. The first kappa shape index (κ1) is 17.7. The summed E-state index contributed by atoms with van der Waals surface area (Å²) < 4.78 is 15.2. The molecule has 2 N–H and O–H groups in total. The molecule has 0 atom stereocenters. The average Bonchev–Trinajstić information content (AvgIpc) is 2.62. The van der Waals surface area contributed by atoms with Gasteiger partial charge in [0.25, 0.3) is 0 Å². The van der Waals surface area contributed by atoms with Gasteiger partial charge < -0.3 is 24.4 Å². The zero-order valence-electron chi connectivity index (χ0n) is 13.5. The van der Waals surface area contributed by atoms with Crippen molar-refractivity contribution in [1.82, 2.24) is 4.98 Å². The van der Waals surface area contributed by atoms with Gasteiger partial charge in [0.15, 0.2) is 11.4 Å². The van der Waals surface area contributed by atoms with Crippen molar-refractivity contribution in [2.24, 2.45) is 0 Å². The summed E-state index contributed by atoms with van der Waals surface area (Å²) in [5.74, 6) is -0.406. The maximum atomic E-state index is 11.5. The lowest BCUT2D eigenvalue weighted by atomic mass is 10.1. The van der Waals surface area contributed by atoms with Crippen molar-refractivity contribution in [2.45, 2.75) is 19.8 Å². The van der Waals surface area contributed by atoms with Crippen molar-refractivity contribution in [1.29, 1.82) is 0 Å². The Morgan fingerprint density at radius 1 is 1.17 bits per heavy atom. The highest BCUT2D eigenvalue weighted by molar-refractivity contribution is 5.90. The Morgan fingerprint density at radius 3 is 2.46 bits per heavy atom. The second-order valence-corrected chi connectivity index (χ2v) is 4.95.